The summed E-state index contributed by atoms with van der Waals surface area (Å²) in [6.07, 6.45) is 0. The molecule has 0 atom stereocenters. The first-order valence-corrected chi connectivity index (χ1v) is 9.11. The summed E-state index contributed by atoms with van der Waals surface area (Å²) in [5.74, 6) is 0.179. The first-order chi connectivity index (χ1) is 11.8. The van der Waals surface area contributed by atoms with Gasteiger partial charge >= 0.3 is 0 Å². The summed E-state index contributed by atoms with van der Waals surface area (Å²) in [7, 11) is 0. The van der Waals surface area contributed by atoms with E-state index in [9.17, 15) is 9.59 Å². The molecular formula is C18H18Br2N2O3. The lowest BCUT2D eigenvalue weighted by atomic mass is 10.1. The van der Waals surface area contributed by atoms with Crippen molar-refractivity contribution in [3.63, 3.8) is 0 Å². The number of carbonyl (C=O) groups excluding carboxylic acids is 2. The molecule has 0 aliphatic carbocycles. The van der Waals surface area contributed by atoms with E-state index in [2.05, 4.69) is 42.5 Å². The molecule has 2 rings (SSSR count). The molecule has 0 saturated carbocycles. The van der Waals surface area contributed by atoms with Gasteiger partial charge in [0.1, 0.15) is 5.75 Å². The van der Waals surface area contributed by atoms with Crippen LogP contribution in [-0.4, -0.2) is 18.4 Å². The van der Waals surface area contributed by atoms with E-state index in [0.29, 0.717) is 17.1 Å². The van der Waals surface area contributed by atoms with E-state index in [1.165, 1.54) is 6.92 Å². The summed E-state index contributed by atoms with van der Waals surface area (Å²) >= 11 is 6.83. The van der Waals surface area contributed by atoms with E-state index < -0.39 is 0 Å². The van der Waals surface area contributed by atoms with Crippen LogP contribution in [0.3, 0.4) is 0 Å². The summed E-state index contributed by atoms with van der Waals surface area (Å²) in [5.41, 5.74) is 3.09. The van der Waals surface area contributed by atoms with Crippen LogP contribution in [0.1, 0.15) is 18.1 Å². The van der Waals surface area contributed by atoms with Crippen molar-refractivity contribution in [3.8, 4) is 5.75 Å². The minimum absolute atomic E-state index is 0.121. The molecule has 25 heavy (non-hydrogen) atoms. The molecule has 2 N–H and O–H groups in total. The van der Waals surface area contributed by atoms with Gasteiger partial charge in [-0.2, -0.15) is 0 Å². The fourth-order valence-corrected chi connectivity index (χ4v) is 3.78. The zero-order chi connectivity index (χ0) is 18.6. The fraction of sp³-hybridized carbons (Fsp3) is 0.222. The molecule has 2 aromatic rings. The third-order valence-corrected chi connectivity index (χ3v) is 4.42. The highest BCUT2D eigenvalue weighted by Crippen LogP contribution is 2.32. The SMILES string of the molecule is CC(=O)Nc1cc(NC(=O)COc2c(C)cc(Br)cc2Br)ccc1C. The number of nitrogens with one attached hydrogen (secondary N) is 2. The van der Waals surface area contributed by atoms with E-state index in [0.717, 1.165) is 20.1 Å². The van der Waals surface area contributed by atoms with Crippen molar-refractivity contribution in [2.45, 2.75) is 20.8 Å². The van der Waals surface area contributed by atoms with Gasteiger partial charge in [0.15, 0.2) is 6.61 Å². The zero-order valence-electron chi connectivity index (χ0n) is 14.1. The number of carbonyl (C=O) groups is 2. The highest BCUT2D eigenvalue weighted by Gasteiger charge is 2.11. The molecule has 132 valence electrons. The van der Waals surface area contributed by atoms with Crippen molar-refractivity contribution in [2.24, 2.45) is 0 Å². The lowest BCUT2D eigenvalue weighted by molar-refractivity contribution is -0.118. The monoisotopic (exact) mass is 468 g/mol. The summed E-state index contributed by atoms with van der Waals surface area (Å²) in [4.78, 5) is 23.4. The van der Waals surface area contributed by atoms with Gasteiger partial charge in [-0.1, -0.05) is 22.0 Å². The number of ether oxygens (including phenoxy) is 1. The van der Waals surface area contributed by atoms with Gasteiger partial charge in [0.05, 0.1) is 4.47 Å². The predicted molar refractivity (Wildman–Crippen MR) is 106 cm³/mol. The highest BCUT2D eigenvalue weighted by atomic mass is 79.9. The summed E-state index contributed by atoms with van der Waals surface area (Å²) in [6, 6.07) is 9.10. The molecular weight excluding hydrogens is 452 g/mol. The second-order valence-corrected chi connectivity index (χ2v) is 7.35. The number of amides is 2. The Labute approximate surface area is 163 Å². The third-order valence-electron chi connectivity index (χ3n) is 3.37. The molecule has 0 saturated heterocycles. The van der Waals surface area contributed by atoms with Gasteiger partial charge in [0, 0.05) is 22.8 Å². The average Bonchev–Trinajstić information content (AvgIpc) is 2.49. The van der Waals surface area contributed by atoms with E-state index in [1.807, 2.05) is 32.0 Å². The predicted octanol–water partition coefficient (Wildman–Crippen LogP) is 4.80. The lowest BCUT2D eigenvalue weighted by Gasteiger charge is -2.13. The Morgan fingerprint density at radius 1 is 1.04 bits per heavy atom. The van der Waals surface area contributed by atoms with Crippen molar-refractivity contribution in [3.05, 3.63) is 50.4 Å². The minimum Gasteiger partial charge on any atom is -0.482 e. The molecule has 2 amide bonds. The molecule has 0 aliphatic heterocycles. The number of hydrogen-bond acceptors (Lipinski definition) is 3. The van der Waals surface area contributed by atoms with Gasteiger partial charge in [-0.05, 0) is 65.2 Å². The third kappa shape index (κ3) is 5.57. The molecule has 0 fully saturated rings. The Kier molecular flexibility index (Phi) is 6.61. The minimum atomic E-state index is -0.285. The number of benzene rings is 2. The van der Waals surface area contributed by atoms with Crippen molar-refractivity contribution in [1.82, 2.24) is 0 Å². The van der Waals surface area contributed by atoms with Crippen molar-refractivity contribution in [2.75, 3.05) is 17.2 Å². The molecule has 0 aromatic heterocycles. The van der Waals surface area contributed by atoms with E-state index in [4.69, 9.17) is 4.74 Å². The lowest BCUT2D eigenvalue weighted by Crippen LogP contribution is -2.20. The van der Waals surface area contributed by atoms with Gasteiger partial charge in [0.2, 0.25) is 5.91 Å². The second kappa shape index (κ2) is 8.49. The van der Waals surface area contributed by atoms with Gasteiger partial charge in [-0.15, -0.1) is 0 Å². The number of aryl methyl sites for hydroxylation is 2. The van der Waals surface area contributed by atoms with Crippen LogP contribution in [0.5, 0.6) is 5.75 Å². The van der Waals surface area contributed by atoms with Crippen LogP contribution in [0, 0.1) is 13.8 Å². The summed E-state index contributed by atoms with van der Waals surface area (Å²) < 4.78 is 7.33. The van der Waals surface area contributed by atoms with Gasteiger partial charge in [-0.3, -0.25) is 9.59 Å². The molecule has 0 aliphatic rings. The Hall–Kier alpha value is -1.86. The number of hydrogen-bond donors (Lipinski definition) is 2. The number of halogens is 2. The van der Waals surface area contributed by atoms with Crippen LogP contribution in [0.25, 0.3) is 0 Å². The van der Waals surface area contributed by atoms with E-state index in [1.54, 1.807) is 12.1 Å². The average molecular weight is 470 g/mol. The topological polar surface area (TPSA) is 67.4 Å². The maximum Gasteiger partial charge on any atom is 0.262 e. The van der Waals surface area contributed by atoms with Gasteiger partial charge in [-0.25, -0.2) is 0 Å². The first-order valence-electron chi connectivity index (χ1n) is 7.53. The fourth-order valence-electron chi connectivity index (χ4n) is 2.23. The smallest absolute Gasteiger partial charge is 0.262 e. The van der Waals surface area contributed by atoms with Crippen LogP contribution < -0.4 is 15.4 Å². The number of anilines is 2. The molecule has 0 bridgehead atoms. The summed E-state index contributed by atoms with van der Waals surface area (Å²) in [5, 5.41) is 5.50. The van der Waals surface area contributed by atoms with E-state index >= 15 is 0 Å². The van der Waals surface area contributed by atoms with Crippen LogP contribution in [0.2, 0.25) is 0 Å². The molecule has 2 aromatic carbocycles. The van der Waals surface area contributed by atoms with Crippen LogP contribution in [0.4, 0.5) is 11.4 Å². The molecule has 0 spiro atoms. The van der Waals surface area contributed by atoms with Crippen molar-refractivity contribution >= 4 is 55.0 Å². The maximum absolute atomic E-state index is 12.1. The van der Waals surface area contributed by atoms with Gasteiger partial charge < -0.3 is 15.4 Å². The Balaban J connectivity index is 2.02. The Morgan fingerprint density at radius 3 is 2.40 bits per heavy atom. The molecule has 0 heterocycles. The van der Waals surface area contributed by atoms with Crippen molar-refractivity contribution in [1.29, 1.82) is 0 Å². The zero-order valence-corrected chi connectivity index (χ0v) is 17.2. The second-order valence-electron chi connectivity index (χ2n) is 5.58. The molecule has 5 nitrogen and oxygen atoms in total. The van der Waals surface area contributed by atoms with E-state index in [-0.39, 0.29) is 18.4 Å². The highest BCUT2D eigenvalue weighted by molar-refractivity contribution is 9.11. The van der Waals surface area contributed by atoms with Gasteiger partial charge in [0.25, 0.3) is 5.91 Å². The standard InChI is InChI=1S/C18H18Br2N2O3/c1-10-4-5-14(8-16(10)21-12(3)23)22-17(24)9-25-18-11(2)6-13(19)7-15(18)20/h4-8H,9H2,1-3H3,(H,21,23)(H,22,24). The normalized spacial score (nSPS) is 10.3. The van der Waals surface area contributed by atoms with Crippen LogP contribution >= 0.6 is 31.9 Å². The summed E-state index contributed by atoms with van der Waals surface area (Å²) in [6.45, 7) is 5.11. The molecule has 0 unspecified atom stereocenters. The maximum atomic E-state index is 12.1. The van der Waals surface area contributed by atoms with Crippen molar-refractivity contribution < 1.29 is 14.3 Å². The first kappa shape index (κ1) is 19.5. The Bertz CT molecular complexity index is 799. The molecule has 0 radical (unpaired) electrons. The Morgan fingerprint density at radius 2 is 1.76 bits per heavy atom. The van der Waals surface area contributed by atoms with Crippen LogP contribution in [-0.2, 0) is 9.59 Å². The largest absolute Gasteiger partial charge is 0.482 e. The number of rotatable bonds is 5. The quantitative estimate of drug-likeness (QED) is 0.660. The van der Waals surface area contributed by atoms with Crippen LogP contribution in [0.15, 0.2) is 39.3 Å². The molecule has 7 heteroatoms.